The second-order valence-corrected chi connectivity index (χ2v) is 7.49. The lowest BCUT2D eigenvalue weighted by Gasteiger charge is -2.17. The molecule has 1 amide bonds. The number of para-hydroxylation sites is 1. The van der Waals surface area contributed by atoms with Crippen LogP contribution in [0.5, 0.6) is 0 Å². The summed E-state index contributed by atoms with van der Waals surface area (Å²) in [6.07, 6.45) is 1.07. The van der Waals surface area contributed by atoms with Gasteiger partial charge in [-0.05, 0) is 43.7 Å². The number of amides is 1. The molecule has 0 aliphatic heterocycles. The highest BCUT2D eigenvalue weighted by Crippen LogP contribution is 2.22. The van der Waals surface area contributed by atoms with E-state index in [1.807, 2.05) is 0 Å². The van der Waals surface area contributed by atoms with Crippen molar-refractivity contribution in [2.45, 2.75) is 19.9 Å². The Bertz CT molecular complexity index is 884. The van der Waals surface area contributed by atoms with E-state index < -0.39 is 27.8 Å². The van der Waals surface area contributed by atoms with Gasteiger partial charge < -0.3 is 10.6 Å². The minimum Gasteiger partial charge on any atom is -0.374 e. The molecule has 0 aliphatic carbocycles. The monoisotopic (exact) mass is 365 g/mol. The molecule has 134 valence electrons. The SMILES string of the molecule is Cc1ccc(NC(C)C(=O)Nc2ccccc2F)cc1NS(C)(=O)=O. The molecule has 1 unspecified atom stereocenters. The Morgan fingerprint density at radius 3 is 2.44 bits per heavy atom. The van der Waals surface area contributed by atoms with E-state index in [2.05, 4.69) is 15.4 Å². The van der Waals surface area contributed by atoms with Gasteiger partial charge in [-0.3, -0.25) is 9.52 Å². The lowest BCUT2D eigenvalue weighted by Crippen LogP contribution is -2.32. The Morgan fingerprint density at radius 1 is 1.12 bits per heavy atom. The first-order valence-corrected chi connectivity index (χ1v) is 9.45. The number of sulfonamides is 1. The van der Waals surface area contributed by atoms with E-state index in [1.54, 1.807) is 38.1 Å². The minimum atomic E-state index is -3.41. The Labute approximate surface area is 146 Å². The molecular weight excluding hydrogens is 345 g/mol. The van der Waals surface area contributed by atoms with Crippen LogP contribution in [0.2, 0.25) is 0 Å². The Balaban J connectivity index is 2.09. The second-order valence-electron chi connectivity index (χ2n) is 5.74. The number of rotatable bonds is 6. The summed E-state index contributed by atoms with van der Waals surface area (Å²) in [6.45, 7) is 3.39. The third-order valence-corrected chi connectivity index (χ3v) is 4.03. The van der Waals surface area contributed by atoms with E-state index in [1.165, 1.54) is 18.2 Å². The molecule has 1 atom stereocenters. The molecule has 0 aliphatic rings. The summed E-state index contributed by atoms with van der Waals surface area (Å²) in [4.78, 5) is 12.2. The van der Waals surface area contributed by atoms with Crippen molar-refractivity contribution < 1.29 is 17.6 Å². The van der Waals surface area contributed by atoms with Crippen LogP contribution in [0.3, 0.4) is 0 Å². The van der Waals surface area contributed by atoms with Crippen LogP contribution in [-0.4, -0.2) is 26.6 Å². The van der Waals surface area contributed by atoms with Gasteiger partial charge in [0, 0.05) is 5.69 Å². The van der Waals surface area contributed by atoms with Gasteiger partial charge in [0.05, 0.1) is 17.6 Å². The van der Waals surface area contributed by atoms with Crippen molar-refractivity contribution in [2.75, 3.05) is 21.6 Å². The van der Waals surface area contributed by atoms with Crippen molar-refractivity contribution in [2.24, 2.45) is 0 Å². The zero-order chi connectivity index (χ0) is 18.6. The molecule has 3 N–H and O–H groups in total. The van der Waals surface area contributed by atoms with E-state index in [4.69, 9.17) is 0 Å². The Hall–Kier alpha value is -2.61. The van der Waals surface area contributed by atoms with Gasteiger partial charge in [0.1, 0.15) is 11.9 Å². The number of benzene rings is 2. The molecule has 8 heteroatoms. The van der Waals surface area contributed by atoms with Gasteiger partial charge in [-0.15, -0.1) is 0 Å². The van der Waals surface area contributed by atoms with Crippen LogP contribution in [0.25, 0.3) is 0 Å². The first-order chi connectivity index (χ1) is 11.7. The molecule has 0 heterocycles. The number of halogens is 1. The van der Waals surface area contributed by atoms with Gasteiger partial charge in [-0.25, -0.2) is 12.8 Å². The van der Waals surface area contributed by atoms with Crippen molar-refractivity contribution in [1.82, 2.24) is 0 Å². The van der Waals surface area contributed by atoms with Crippen LogP contribution < -0.4 is 15.4 Å². The fourth-order valence-electron chi connectivity index (χ4n) is 2.14. The lowest BCUT2D eigenvalue weighted by atomic mass is 10.1. The summed E-state index contributed by atoms with van der Waals surface area (Å²) < 4.78 is 38.8. The molecular formula is C17H20FN3O3S. The largest absolute Gasteiger partial charge is 0.374 e. The summed E-state index contributed by atoms with van der Waals surface area (Å²) in [5, 5.41) is 5.47. The summed E-state index contributed by atoms with van der Waals surface area (Å²) in [5.41, 5.74) is 1.84. The van der Waals surface area contributed by atoms with Crippen molar-refractivity contribution in [3.05, 3.63) is 53.8 Å². The maximum Gasteiger partial charge on any atom is 0.246 e. The quantitative estimate of drug-likeness (QED) is 0.734. The van der Waals surface area contributed by atoms with Crippen LogP contribution in [0.4, 0.5) is 21.5 Å². The number of carbonyl (C=O) groups is 1. The van der Waals surface area contributed by atoms with Gasteiger partial charge >= 0.3 is 0 Å². The molecule has 0 fully saturated rings. The van der Waals surface area contributed by atoms with Crippen molar-refractivity contribution in [3.63, 3.8) is 0 Å². The van der Waals surface area contributed by atoms with Gasteiger partial charge in [0.2, 0.25) is 15.9 Å². The number of anilines is 3. The molecule has 6 nitrogen and oxygen atoms in total. The fraction of sp³-hybridized carbons (Fsp3) is 0.235. The Kier molecular flexibility index (Phi) is 5.63. The maximum absolute atomic E-state index is 13.6. The van der Waals surface area contributed by atoms with Crippen LogP contribution in [0, 0.1) is 12.7 Å². The summed E-state index contributed by atoms with van der Waals surface area (Å²) in [5.74, 6) is -0.929. The minimum absolute atomic E-state index is 0.101. The molecule has 2 aromatic rings. The second kappa shape index (κ2) is 7.52. The molecule has 0 spiro atoms. The average molecular weight is 365 g/mol. The third-order valence-electron chi connectivity index (χ3n) is 3.44. The third kappa shape index (κ3) is 5.46. The van der Waals surface area contributed by atoms with E-state index in [9.17, 15) is 17.6 Å². The van der Waals surface area contributed by atoms with Crippen LogP contribution in [0.15, 0.2) is 42.5 Å². The molecule has 2 rings (SSSR count). The van der Waals surface area contributed by atoms with Crippen molar-refractivity contribution in [3.8, 4) is 0 Å². The highest BCUT2D eigenvalue weighted by molar-refractivity contribution is 7.92. The zero-order valence-corrected chi connectivity index (χ0v) is 14.9. The number of aryl methyl sites for hydroxylation is 1. The fourth-order valence-corrected chi connectivity index (χ4v) is 2.76. The molecule has 25 heavy (non-hydrogen) atoms. The van der Waals surface area contributed by atoms with E-state index in [-0.39, 0.29) is 5.69 Å². The van der Waals surface area contributed by atoms with E-state index in [0.29, 0.717) is 11.4 Å². The maximum atomic E-state index is 13.6. The van der Waals surface area contributed by atoms with Gasteiger partial charge in [0.15, 0.2) is 0 Å². The topological polar surface area (TPSA) is 87.3 Å². The van der Waals surface area contributed by atoms with E-state index in [0.717, 1.165) is 11.8 Å². The zero-order valence-electron chi connectivity index (χ0n) is 14.1. The molecule has 0 aromatic heterocycles. The first-order valence-electron chi connectivity index (χ1n) is 7.56. The van der Waals surface area contributed by atoms with Crippen LogP contribution >= 0.6 is 0 Å². The average Bonchev–Trinajstić information content (AvgIpc) is 2.51. The summed E-state index contributed by atoms with van der Waals surface area (Å²) >= 11 is 0. The van der Waals surface area contributed by atoms with Gasteiger partial charge in [0.25, 0.3) is 0 Å². The number of hydrogen-bond acceptors (Lipinski definition) is 4. The molecule has 0 saturated carbocycles. The highest BCUT2D eigenvalue weighted by Gasteiger charge is 2.15. The molecule has 0 saturated heterocycles. The van der Waals surface area contributed by atoms with Gasteiger partial charge in [-0.2, -0.15) is 0 Å². The van der Waals surface area contributed by atoms with E-state index >= 15 is 0 Å². The standard InChI is InChI=1S/C17H20FN3O3S/c1-11-8-9-13(10-16(11)21-25(3,23)24)19-12(2)17(22)20-15-7-5-4-6-14(15)18/h4-10,12,19,21H,1-3H3,(H,20,22). The van der Waals surface area contributed by atoms with Gasteiger partial charge in [-0.1, -0.05) is 18.2 Å². The summed E-state index contributed by atoms with van der Waals surface area (Å²) in [7, 11) is -3.41. The summed E-state index contributed by atoms with van der Waals surface area (Å²) in [6, 6.07) is 10.3. The lowest BCUT2D eigenvalue weighted by molar-refractivity contribution is -0.116. The molecule has 0 bridgehead atoms. The Morgan fingerprint density at radius 2 is 1.80 bits per heavy atom. The molecule has 2 aromatic carbocycles. The number of nitrogens with one attached hydrogen (secondary N) is 3. The number of hydrogen-bond donors (Lipinski definition) is 3. The normalized spacial score (nSPS) is 12.3. The highest BCUT2D eigenvalue weighted by atomic mass is 32.2. The van der Waals surface area contributed by atoms with Crippen LogP contribution in [0.1, 0.15) is 12.5 Å². The van der Waals surface area contributed by atoms with Crippen molar-refractivity contribution in [1.29, 1.82) is 0 Å². The number of carbonyl (C=O) groups excluding carboxylic acids is 1. The predicted molar refractivity (Wildman–Crippen MR) is 97.8 cm³/mol. The first kappa shape index (κ1) is 18.7. The molecule has 0 radical (unpaired) electrons. The van der Waals surface area contributed by atoms with Crippen molar-refractivity contribution >= 4 is 33.0 Å². The predicted octanol–water partition coefficient (Wildman–Crippen LogP) is 2.94. The smallest absolute Gasteiger partial charge is 0.246 e. The van der Waals surface area contributed by atoms with Crippen LogP contribution in [-0.2, 0) is 14.8 Å².